The van der Waals surface area contributed by atoms with Gasteiger partial charge in [0.2, 0.25) is 11.8 Å². The van der Waals surface area contributed by atoms with Crippen molar-refractivity contribution in [1.29, 1.82) is 0 Å². The molecule has 0 aromatic heterocycles. The summed E-state index contributed by atoms with van der Waals surface area (Å²) in [6.45, 7) is 7.99. The number of anilines is 1. The van der Waals surface area contributed by atoms with Gasteiger partial charge in [0.05, 0.1) is 16.6 Å². The topological polar surface area (TPSA) is 81.2 Å². The lowest BCUT2D eigenvalue weighted by atomic mass is 9.74. The molecule has 43 heavy (non-hydrogen) atoms. The Kier molecular flexibility index (Phi) is 8.03. The second-order valence-corrected chi connectivity index (χ2v) is 14.3. The number of nitrogens with zero attached hydrogens (tertiary/aromatic N) is 3. The van der Waals surface area contributed by atoms with Crippen LogP contribution in [0.1, 0.15) is 42.9 Å². The van der Waals surface area contributed by atoms with E-state index >= 15 is 0 Å². The molecule has 2 saturated heterocycles. The number of fused-ring (bicyclic) bond motifs is 2. The zero-order valence-corrected chi connectivity index (χ0v) is 26.1. The number of rotatable bonds is 8. The van der Waals surface area contributed by atoms with Crippen molar-refractivity contribution in [1.82, 2.24) is 9.80 Å². The van der Waals surface area contributed by atoms with Gasteiger partial charge in [-0.1, -0.05) is 72.8 Å². The van der Waals surface area contributed by atoms with E-state index in [0.717, 1.165) is 28.8 Å². The molecule has 5 atom stereocenters. The van der Waals surface area contributed by atoms with E-state index in [1.807, 2.05) is 78.3 Å². The number of para-hydroxylation sites is 1. The van der Waals surface area contributed by atoms with Crippen molar-refractivity contribution in [2.75, 3.05) is 31.1 Å². The van der Waals surface area contributed by atoms with Gasteiger partial charge in [-0.3, -0.25) is 14.4 Å². The molecule has 1 unspecified atom stereocenters. The molecule has 4 aliphatic heterocycles. The Balaban J connectivity index is 1.42. The van der Waals surface area contributed by atoms with Gasteiger partial charge in [-0.25, -0.2) is 0 Å². The van der Waals surface area contributed by atoms with E-state index in [1.165, 1.54) is 0 Å². The molecule has 2 fully saturated rings. The predicted octanol–water partition coefficient (Wildman–Crippen LogP) is 4.65. The highest BCUT2D eigenvalue weighted by Gasteiger charge is 2.73. The zero-order valence-electron chi connectivity index (χ0n) is 25.2. The van der Waals surface area contributed by atoms with Crippen LogP contribution in [0.4, 0.5) is 5.69 Å². The van der Waals surface area contributed by atoms with Crippen molar-refractivity contribution >= 4 is 35.2 Å². The largest absolute Gasteiger partial charge is 0.396 e. The smallest absolute Gasteiger partial charge is 0.251 e. The number of aliphatic hydroxyl groups is 1. The molecule has 0 radical (unpaired) electrons. The number of unbranched alkanes of at least 4 members (excludes halogenated alkanes) is 2. The van der Waals surface area contributed by atoms with E-state index in [-0.39, 0.29) is 24.3 Å². The Hall–Kier alpha value is -3.36. The third-order valence-corrected chi connectivity index (χ3v) is 11.4. The van der Waals surface area contributed by atoms with Gasteiger partial charge < -0.3 is 19.8 Å². The van der Waals surface area contributed by atoms with E-state index in [2.05, 4.69) is 25.2 Å². The van der Waals surface area contributed by atoms with Gasteiger partial charge in [0.25, 0.3) is 5.91 Å². The standard InChI is InChI=1S/C35H41N3O4S/c1-24-13-10-14-25(2)29(24)37-21-12-18-35-28(32(41)38(30(35)33(37)42)20-8-5-9-22-39)27-31(40)36(19-11-17-34(27,3)43-35)23-26-15-6-4-7-16-26/h4,6-7,10-18,27-28,30,39H,5,8-9,19-23H2,1-3H3/t27-,28-,30?,34+,35-/m0/s1. The summed E-state index contributed by atoms with van der Waals surface area (Å²) in [7, 11) is 0. The van der Waals surface area contributed by atoms with Gasteiger partial charge in [-0.05, 0) is 56.7 Å². The highest BCUT2D eigenvalue weighted by Crippen LogP contribution is 2.65. The number of aryl methyl sites for hydroxylation is 2. The third kappa shape index (κ3) is 4.92. The Morgan fingerprint density at radius 3 is 2.28 bits per heavy atom. The minimum atomic E-state index is -0.869. The van der Waals surface area contributed by atoms with E-state index in [9.17, 15) is 19.5 Å². The van der Waals surface area contributed by atoms with Gasteiger partial charge >= 0.3 is 0 Å². The summed E-state index contributed by atoms with van der Waals surface area (Å²) in [6.07, 6.45) is 10.4. The fraction of sp³-hybridized carbons (Fsp3) is 0.457. The molecule has 8 heteroatoms. The number of thioether (sulfide) groups is 1. The predicted molar refractivity (Wildman–Crippen MR) is 171 cm³/mol. The fourth-order valence-corrected chi connectivity index (χ4v) is 9.92. The van der Waals surface area contributed by atoms with Crippen molar-refractivity contribution in [2.24, 2.45) is 11.8 Å². The van der Waals surface area contributed by atoms with Gasteiger partial charge in [-0.15, -0.1) is 11.8 Å². The molecule has 6 rings (SSSR count). The second-order valence-electron chi connectivity index (χ2n) is 12.5. The lowest BCUT2D eigenvalue weighted by Gasteiger charge is -2.37. The molecule has 1 N–H and O–H groups in total. The van der Waals surface area contributed by atoms with Gasteiger partial charge in [0.1, 0.15) is 6.04 Å². The van der Waals surface area contributed by atoms with Crippen molar-refractivity contribution in [3.63, 3.8) is 0 Å². The van der Waals surface area contributed by atoms with Crippen LogP contribution < -0.4 is 4.90 Å². The highest BCUT2D eigenvalue weighted by atomic mass is 32.2. The number of likely N-dealkylation sites (tertiary alicyclic amines) is 1. The van der Waals surface area contributed by atoms with Gasteiger partial charge in [0, 0.05) is 43.2 Å². The highest BCUT2D eigenvalue weighted by molar-refractivity contribution is 8.02. The minimum Gasteiger partial charge on any atom is -0.396 e. The number of carbonyl (C=O) groups is 3. The number of carbonyl (C=O) groups excluding carboxylic acids is 3. The molecular weight excluding hydrogens is 558 g/mol. The molecule has 4 heterocycles. The molecule has 226 valence electrons. The molecule has 2 aromatic carbocycles. The van der Waals surface area contributed by atoms with Gasteiger partial charge in [0.15, 0.2) is 0 Å². The van der Waals surface area contributed by atoms with Crippen LogP contribution in [-0.4, -0.2) is 74.4 Å². The fourth-order valence-electron chi connectivity index (χ4n) is 7.76. The van der Waals surface area contributed by atoms with Crippen LogP contribution in [0.3, 0.4) is 0 Å². The Morgan fingerprint density at radius 2 is 1.56 bits per heavy atom. The zero-order chi connectivity index (χ0) is 30.4. The lowest BCUT2D eigenvalue weighted by molar-refractivity contribution is -0.144. The van der Waals surface area contributed by atoms with Crippen molar-refractivity contribution in [2.45, 2.75) is 62.1 Å². The van der Waals surface area contributed by atoms with E-state index in [1.54, 1.807) is 16.7 Å². The van der Waals surface area contributed by atoms with Crippen LogP contribution in [0.2, 0.25) is 0 Å². The lowest BCUT2D eigenvalue weighted by Crippen LogP contribution is -2.53. The summed E-state index contributed by atoms with van der Waals surface area (Å²) in [5.41, 5.74) is 3.96. The number of amides is 3. The van der Waals surface area contributed by atoms with E-state index in [0.29, 0.717) is 39.0 Å². The van der Waals surface area contributed by atoms with Crippen molar-refractivity contribution in [3.8, 4) is 0 Å². The molecule has 3 amide bonds. The quantitative estimate of drug-likeness (QED) is 0.353. The molecule has 1 spiro atoms. The molecule has 0 saturated carbocycles. The molecule has 7 nitrogen and oxygen atoms in total. The van der Waals surface area contributed by atoms with Crippen LogP contribution in [0, 0.1) is 25.7 Å². The van der Waals surface area contributed by atoms with Crippen LogP contribution in [-0.2, 0) is 20.9 Å². The second kappa shape index (κ2) is 11.6. The first-order chi connectivity index (χ1) is 20.7. The van der Waals surface area contributed by atoms with Crippen molar-refractivity contribution in [3.05, 3.63) is 89.5 Å². The Labute approximate surface area is 258 Å². The maximum Gasteiger partial charge on any atom is 0.251 e. The first-order valence-corrected chi connectivity index (χ1v) is 16.2. The molecule has 4 aliphatic rings. The average Bonchev–Trinajstić information content (AvgIpc) is 3.25. The summed E-state index contributed by atoms with van der Waals surface area (Å²) in [6, 6.07) is 15.3. The van der Waals surface area contributed by atoms with Crippen LogP contribution in [0.15, 0.2) is 72.8 Å². The van der Waals surface area contributed by atoms with Crippen LogP contribution in [0.5, 0.6) is 0 Å². The summed E-state index contributed by atoms with van der Waals surface area (Å²) in [5, 5.41) is 9.36. The van der Waals surface area contributed by atoms with Crippen molar-refractivity contribution < 1.29 is 19.5 Å². The number of hydrogen-bond acceptors (Lipinski definition) is 5. The Morgan fingerprint density at radius 1 is 0.837 bits per heavy atom. The molecule has 0 bridgehead atoms. The Bertz CT molecular complexity index is 1450. The van der Waals surface area contributed by atoms with E-state index < -0.39 is 27.4 Å². The molecule has 2 aromatic rings. The average molecular weight is 600 g/mol. The summed E-state index contributed by atoms with van der Waals surface area (Å²) < 4.78 is -1.51. The maximum atomic E-state index is 14.8. The first kappa shape index (κ1) is 29.7. The van der Waals surface area contributed by atoms with Gasteiger partial charge in [-0.2, -0.15) is 0 Å². The molecule has 0 aliphatic carbocycles. The SMILES string of the molecule is Cc1cccc(C)c1N1CC=C[C@]23S[C@]4(C)C=CCN(Cc5ccccc5)C(=O)[C@@H]4[C@H]2C(=O)N(CCCCCO)C3C1=O. The number of aliphatic hydroxyl groups excluding tert-OH is 1. The van der Waals surface area contributed by atoms with Crippen LogP contribution >= 0.6 is 11.8 Å². The third-order valence-electron chi connectivity index (χ3n) is 9.62. The number of hydrogen-bond donors (Lipinski definition) is 1. The first-order valence-electron chi connectivity index (χ1n) is 15.4. The van der Waals surface area contributed by atoms with Crippen LogP contribution in [0.25, 0.3) is 0 Å². The maximum absolute atomic E-state index is 14.8. The summed E-state index contributed by atoms with van der Waals surface area (Å²) >= 11 is 1.63. The van der Waals surface area contributed by atoms with E-state index in [4.69, 9.17) is 0 Å². The number of benzene rings is 2. The summed E-state index contributed by atoms with van der Waals surface area (Å²) in [4.78, 5) is 49.4. The minimum absolute atomic E-state index is 0.0309. The normalized spacial score (nSPS) is 29.9. The summed E-state index contributed by atoms with van der Waals surface area (Å²) in [5.74, 6) is -1.49. The monoisotopic (exact) mass is 599 g/mol. The molecular formula is C35H41N3O4S.